The van der Waals surface area contributed by atoms with Crippen LogP contribution in [0.3, 0.4) is 0 Å². The SMILES string of the molecule is Cl.Cl.O=C(Cc1ccc(-c2ccccc2)s1)CN1CCN(Cc2ccccc2)CC1. The summed E-state index contributed by atoms with van der Waals surface area (Å²) in [4.78, 5) is 19.7. The number of hydrogen-bond acceptors (Lipinski definition) is 4. The highest BCUT2D eigenvalue weighted by Crippen LogP contribution is 2.28. The lowest BCUT2D eigenvalue weighted by Crippen LogP contribution is -2.47. The molecule has 0 atom stereocenters. The predicted molar refractivity (Wildman–Crippen MR) is 131 cm³/mol. The first-order valence-corrected chi connectivity index (χ1v) is 10.7. The Morgan fingerprint density at radius 2 is 1.37 bits per heavy atom. The summed E-state index contributed by atoms with van der Waals surface area (Å²) in [5, 5.41) is 0. The highest BCUT2D eigenvalue weighted by atomic mass is 35.5. The summed E-state index contributed by atoms with van der Waals surface area (Å²) < 4.78 is 0. The van der Waals surface area contributed by atoms with Crippen molar-refractivity contribution in [3.63, 3.8) is 0 Å². The third-order valence-electron chi connectivity index (χ3n) is 5.21. The fourth-order valence-electron chi connectivity index (χ4n) is 3.68. The van der Waals surface area contributed by atoms with Crippen molar-refractivity contribution in [3.05, 3.63) is 83.2 Å². The van der Waals surface area contributed by atoms with E-state index in [1.54, 1.807) is 11.3 Å². The normalized spacial score (nSPS) is 14.5. The average molecular weight is 463 g/mol. The minimum absolute atomic E-state index is 0. The highest BCUT2D eigenvalue weighted by molar-refractivity contribution is 7.15. The molecule has 1 saturated heterocycles. The van der Waals surface area contributed by atoms with Crippen LogP contribution in [0.5, 0.6) is 0 Å². The summed E-state index contributed by atoms with van der Waals surface area (Å²) in [6, 6.07) is 25.2. The number of nitrogens with zero attached hydrogens (tertiary/aromatic N) is 2. The summed E-state index contributed by atoms with van der Waals surface area (Å²) in [5.41, 5.74) is 2.58. The van der Waals surface area contributed by atoms with Crippen molar-refractivity contribution in [3.8, 4) is 10.4 Å². The lowest BCUT2D eigenvalue weighted by Gasteiger charge is -2.34. The number of thiophene rings is 1. The van der Waals surface area contributed by atoms with Crippen LogP contribution in [0, 0.1) is 0 Å². The van der Waals surface area contributed by atoms with Gasteiger partial charge < -0.3 is 0 Å². The maximum Gasteiger partial charge on any atom is 0.152 e. The molecule has 1 aromatic heterocycles. The van der Waals surface area contributed by atoms with E-state index in [1.807, 2.05) is 6.07 Å². The first-order chi connectivity index (χ1) is 13.8. The molecule has 3 nitrogen and oxygen atoms in total. The third kappa shape index (κ3) is 6.93. The molecule has 0 saturated carbocycles. The van der Waals surface area contributed by atoms with Crippen molar-refractivity contribution in [2.24, 2.45) is 0 Å². The van der Waals surface area contributed by atoms with Crippen molar-refractivity contribution in [1.29, 1.82) is 0 Å². The molecule has 0 amide bonds. The second-order valence-electron chi connectivity index (χ2n) is 7.39. The van der Waals surface area contributed by atoms with Crippen LogP contribution in [0.4, 0.5) is 0 Å². The lowest BCUT2D eigenvalue weighted by atomic mass is 10.1. The zero-order valence-electron chi connectivity index (χ0n) is 16.9. The van der Waals surface area contributed by atoms with E-state index in [2.05, 4.69) is 76.5 Å². The van der Waals surface area contributed by atoms with E-state index in [0.29, 0.717) is 18.7 Å². The van der Waals surface area contributed by atoms with Crippen LogP contribution in [0.2, 0.25) is 0 Å². The number of ketones is 1. The number of hydrogen-bond donors (Lipinski definition) is 0. The lowest BCUT2D eigenvalue weighted by molar-refractivity contribution is -0.120. The number of carbonyl (C=O) groups is 1. The standard InChI is InChI=1S/C24H26N2OS.2ClH/c27-22(17-23-11-12-24(28-23)21-9-5-2-6-10-21)19-26-15-13-25(14-16-26)18-20-7-3-1-4-8-20;;/h1-12H,13-19H2;2*1H. The van der Waals surface area contributed by atoms with Gasteiger partial charge in [-0.1, -0.05) is 60.7 Å². The van der Waals surface area contributed by atoms with Gasteiger partial charge in [0.1, 0.15) is 0 Å². The van der Waals surface area contributed by atoms with E-state index in [-0.39, 0.29) is 24.8 Å². The molecule has 1 aliphatic heterocycles. The summed E-state index contributed by atoms with van der Waals surface area (Å²) in [5.74, 6) is 0.318. The highest BCUT2D eigenvalue weighted by Gasteiger charge is 2.19. The van der Waals surface area contributed by atoms with Crippen LogP contribution in [-0.2, 0) is 17.8 Å². The maximum atomic E-state index is 12.6. The monoisotopic (exact) mass is 462 g/mol. The summed E-state index contributed by atoms with van der Waals surface area (Å²) >= 11 is 1.73. The smallest absolute Gasteiger partial charge is 0.152 e. The van der Waals surface area contributed by atoms with Gasteiger partial charge in [0.05, 0.1) is 6.54 Å². The second-order valence-corrected chi connectivity index (χ2v) is 8.55. The van der Waals surface area contributed by atoms with Crippen LogP contribution >= 0.6 is 36.2 Å². The molecule has 4 rings (SSSR count). The van der Waals surface area contributed by atoms with E-state index in [1.165, 1.54) is 16.0 Å². The minimum Gasteiger partial charge on any atom is -0.298 e. The van der Waals surface area contributed by atoms with Crippen LogP contribution in [0.25, 0.3) is 10.4 Å². The Labute approximate surface area is 195 Å². The molecule has 0 N–H and O–H groups in total. The molecule has 0 unspecified atom stereocenters. The van der Waals surface area contributed by atoms with Gasteiger partial charge in [-0.2, -0.15) is 0 Å². The van der Waals surface area contributed by atoms with Crippen LogP contribution in [0.1, 0.15) is 10.4 Å². The predicted octanol–water partition coefficient (Wildman–Crippen LogP) is 5.19. The Bertz CT molecular complexity index is 894. The number of rotatable bonds is 7. The quantitative estimate of drug-likeness (QED) is 0.482. The molecule has 0 spiro atoms. The molecule has 30 heavy (non-hydrogen) atoms. The van der Waals surface area contributed by atoms with Gasteiger partial charge in [-0.15, -0.1) is 36.2 Å². The maximum absolute atomic E-state index is 12.6. The largest absolute Gasteiger partial charge is 0.298 e. The van der Waals surface area contributed by atoms with Crippen molar-refractivity contribution < 1.29 is 4.79 Å². The fraction of sp³-hybridized carbons (Fsp3) is 0.292. The van der Waals surface area contributed by atoms with Crippen LogP contribution < -0.4 is 0 Å². The summed E-state index contributed by atoms with van der Waals surface area (Å²) in [6.45, 7) is 5.56. The van der Waals surface area contributed by atoms with Gasteiger partial charge >= 0.3 is 0 Å². The fourth-order valence-corrected chi connectivity index (χ4v) is 4.72. The molecule has 2 heterocycles. The molecular weight excluding hydrogens is 435 g/mol. The number of Topliss-reactive ketones (excluding diaryl/α,β-unsaturated/α-hetero) is 1. The summed E-state index contributed by atoms with van der Waals surface area (Å²) in [6.07, 6.45) is 0.543. The number of halogens is 2. The Morgan fingerprint density at radius 1 is 0.767 bits per heavy atom. The molecule has 2 aromatic carbocycles. The number of piperazine rings is 1. The van der Waals surface area contributed by atoms with Gasteiger partial charge in [0, 0.05) is 48.9 Å². The van der Waals surface area contributed by atoms with Gasteiger partial charge in [-0.25, -0.2) is 0 Å². The molecule has 1 aliphatic rings. The van der Waals surface area contributed by atoms with Crippen molar-refractivity contribution in [2.45, 2.75) is 13.0 Å². The van der Waals surface area contributed by atoms with Crippen molar-refractivity contribution >= 4 is 41.9 Å². The number of benzene rings is 2. The zero-order valence-corrected chi connectivity index (χ0v) is 19.4. The number of carbonyl (C=O) groups excluding carboxylic acids is 1. The van der Waals surface area contributed by atoms with E-state index < -0.39 is 0 Å². The van der Waals surface area contributed by atoms with E-state index in [9.17, 15) is 4.79 Å². The van der Waals surface area contributed by atoms with Crippen LogP contribution in [-0.4, -0.2) is 48.3 Å². The molecular formula is C24H28Cl2N2OS. The Morgan fingerprint density at radius 3 is 2.03 bits per heavy atom. The first kappa shape index (κ1) is 24.6. The van der Waals surface area contributed by atoms with Gasteiger partial charge in [0.25, 0.3) is 0 Å². The molecule has 1 fully saturated rings. The van der Waals surface area contributed by atoms with Gasteiger partial charge in [-0.05, 0) is 23.3 Å². The van der Waals surface area contributed by atoms with Gasteiger partial charge in [-0.3, -0.25) is 14.6 Å². The van der Waals surface area contributed by atoms with Crippen molar-refractivity contribution in [1.82, 2.24) is 9.80 Å². The minimum atomic E-state index is 0. The molecule has 0 aliphatic carbocycles. The Hall–Kier alpha value is -1.69. The first-order valence-electron chi connectivity index (χ1n) is 9.91. The Kier molecular flexibility index (Phi) is 10.0. The topological polar surface area (TPSA) is 23.6 Å². The third-order valence-corrected chi connectivity index (χ3v) is 6.34. The Balaban J connectivity index is 0.00000160. The molecule has 3 aromatic rings. The van der Waals surface area contributed by atoms with Crippen LogP contribution in [0.15, 0.2) is 72.8 Å². The molecule has 6 heteroatoms. The van der Waals surface area contributed by atoms with Gasteiger partial charge in [0.15, 0.2) is 5.78 Å². The average Bonchev–Trinajstić information content (AvgIpc) is 3.19. The molecule has 0 bridgehead atoms. The van der Waals surface area contributed by atoms with E-state index in [0.717, 1.165) is 37.6 Å². The van der Waals surface area contributed by atoms with Crippen molar-refractivity contribution in [2.75, 3.05) is 32.7 Å². The van der Waals surface area contributed by atoms with Gasteiger partial charge in [0.2, 0.25) is 0 Å². The molecule has 0 radical (unpaired) electrons. The second kappa shape index (κ2) is 12.2. The summed E-state index contributed by atoms with van der Waals surface area (Å²) in [7, 11) is 0. The van der Waals surface area contributed by atoms with E-state index >= 15 is 0 Å². The van der Waals surface area contributed by atoms with E-state index in [4.69, 9.17) is 0 Å². The zero-order chi connectivity index (χ0) is 19.2. The molecule has 160 valence electrons.